The minimum absolute atomic E-state index is 0.188. The Bertz CT molecular complexity index is 327. The first-order chi connectivity index (χ1) is 6.92. The molecule has 0 atom stereocenters. The van der Waals surface area contributed by atoms with E-state index < -0.39 is 12.7 Å². The van der Waals surface area contributed by atoms with Crippen LogP contribution in [0.25, 0.3) is 0 Å². The molecule has 0 unspecified atom stereocenters. The molecule has 84 valence electrons. The van der Waals surface area contributed by atoms with Gasteiger partial charge in [-0.05, 0) is 12.1 Å². The van der Waals surface area contributed by atoms with Gasteiger partial charge in [-0.1, -0.05) is 0 Å². The Morgan fingerprint density at radius 3 is 2.67 bits per heavy atom. The van der Waals surface area contributed by atoms with Gasteiger partial charge in [0, 0.05) is 18.9 Å². The topological polar surface area (TPSA) is 16.1 Å². The van der Waals surface area contributed by atoms with Crippen LogP contribution in [0.4, 0.5) is 18.9 Å². The second-order valence-electron chi connectivity index (χ2n) is 3.11. The van der Waals surface area contributed by atoms with E-state index in [1.165, 1.54) is 19.3 Å². The Morgan fingerprint density at radius 2 is 2.13 bits per heavy atom. The van der Waals surface area contributed by atoms with Crippen molar-refractivity contribution in [3.05, 3.63) is 24.0 Å². The predicted octanol–water partition coefficient (Wildman–Crippen LogP) is 2.82. The molecular weight excluding hydrogens is 229 g/mol. The van der Waals surface area contributed by atoms with Gasteiger partial charge in [0.15, 0.2) is 0 Å². The van der Waals surface area contributed by atoms with Crippen LogP contribution in [0.5, 0.6) is 0 Å². The molecule has 15 heavy (non-hydrogen) atoms. The first kappa shape index (κ1) is 12.1. The first-order valence-electron chi connectivity index (χ1n) is 4.21. The average Bonchev–Trinajstić information content (AvgIpc) is 2.15. The summed E-state index contributed by atoms with van der Waals surface area (Å²) >= 11 is 5.53. The third-order valence-electron chi connectivity index (χ3n) is 1.79. The Kier molecular flexibility index (Phi) is 3.79. The van der Waals surface area contributed by atoms with E-state index in [2.05, 4.69) is 4.98 Å². The maximum absolute atomic E-state index is 12.1. The molecule has 1 aromatic heterocycles. The number of hydrogen-bond acceptors (Lipinski definition) is 2. The van der Waals surface area contributed by atoms with Crippen molar-refractivity contribution in [3.63, 3.8) is 0 Å². The van der Waals surface area contributed by atoms with Crippen LogP contribution in [-0.2, 0) is 5.88 Å². The summed E-state index contributed by atoms with van der Waals surface area (Å²) in [6, 6.07) is 3.06. The van der Waals surface area contributed by atoms with Crippen LogP contribution in [0.1, 0.15) is 5.69 Å². The van der Waals surface area contributed by atoms with E-state index in [9.17, 15) is 13.2 Å². The fraction of sp³-hybridized carbons (Fsp3) is 0.444. The van der Waals surface area contributed by atoms with Gasteiger partial charge >= 0.3 is 6.18 Å². The lowest BCUT2D eigenvalue weighted by atomic mass is 10.3. The zero-order valence-corrected chi connectivity index (χ0v) is 8.81. The normalized spacial score (nSPS) is 11.5. The maximum Gasteiger partial charge on any atom is 0.405 e. The number of halogens is 4. The molecule has 0 amide bonds. The van der Waals surface area contributed by atoms with Crippen LogP contribution in [0, 0.1) is 0 Å². The first-order valence-corrected chi connectivity index (χ1v) is 4.74. The zero-order valence-electron chi connectivity index (χ0n) is 8.05. The molecule has 0 bridgehead atoms. The number of hydrogen-bond donors (Lipinski definition) is 0. The van der Waals surface area contributed by atoms with Gasteiger partial charge in [-0.25, -0.2) is 0 Å². The van der Waals surface area contributed by atoms with Gasteiger partial charge in [0.2, 0.25) is 0 Å². The van der Waals surface area contributed by atoms with Gasteiger partial charge in [-0.3, -0.25) is 4.98 Å². The lowest BCUT2D eigenvalue weighted by Crippen LogP contribution is -2.30. The summed E-state index contributed by atoms with van der Waals surface area (Å²) in [4.78, 5) is 5.01. The third kappa shape index (κ3) is 3.95. The molecule has 0 aliphatic rings. The Labute approximate surface area is 90.7 Å². The standard InChI is InChI=1S/C9H10ClF3N2/c1-15(6-9(11,12)13)8-2-3-14-7(4-8)5-10/h2-4H,5-6H2,1H3. The van der Waals surface area contributed by atoms with Gasteiger partial charge in [0.25, 0.3) is 0 Å². The van der Waals surface area contributed by atoms with E-state index in [-0.39, 0.29) is 5.88 Å². The third-order valence-corrected chi connectivity index (χ3v) is 2.07. The number of anilines is 1. The fourth-order valence-corrected chi connectivity index (χ4v) is 1.28. The number of aromatic nitrogens is 1. The number of nitrogens with zero attached hydrogens (tertiary/aromatic N) is 2. The van der Waals surface area contributed by atoms with Crippen LogP contribution >= 0.6 is 11.6 Å². The molecule has 0 saturated heterocycles. The molecule has 6 heteroatoms. The highest BCUT2D eigenvalue weighted by Crippen LogP contribution is 2.21. The van der Waals surface area contributed by atoms with Gasteiger partial charge in [-0.2, -0.15) is 13.2 Å². The summed E-state index contributed by atoms with van der Waals surface area (Å²) in [5.41, 5.74) is 1.01. The Hall–Kier alpha value is -0.970. The van der Waals surface area contributed by atoms with Crippen molar-refractivity contribution in [3.8, 4) is 0 Å². The number of alkyl halides is 4. The monoisotopic (exact) mass is 238 g/mol. The molecule has 0 aliphatic carbocycles. The molecule has 1 rings (SSSR count). The summed E-state index contributed by atoms with van der Waals surface area (Å²) < 4.78 is 36.3. The van der Waals surface area contributed by atoms with E-state index in [1.807, 2.05) is 0 Å². The quantitative estimate of drug-likeness (QED) is 0.753. The summed E-state index contributed by atoms with van der Waals surface area (Å²) in [5.74, 6) is 0.188. The minimum Gasteiger partial charge on any atom is -0.366 e. The Morgan fingerprint density at radius 1 is 1.47 bits per heavy atom. The highest BCUT2D eigenvalue weighted by Gasteiger charge is 2.29. The molecule has 2 nitrogen and oxygen atoms in total. The van der Waals surface area contributed by atoms with Gasteiger partial charge in [0.05, 0.1) is 11.6 Å². The van der Waals surface area contributed by atoms with E-state index in [0.717, 1.165) is 4.90 Å². The number of pyridine rings is 1. The molecule has 0 aliphatic heterocycles. The van der Waals surface area contributed by atoms with Crippen molar-refractivity contribution in [2.75, 3.05) is 18.5 Å². The van der Waals surface area contributed by atoms with Gasteiger partial charge < -0.3 is 4.90 Å². The molecule has 0 radical (unpaired) electrons. The van der Waals surface area contributed by atoms with Crippen molar-refractivity contribution in [1.82, 2.24) is 4.98 Å². The Balaban J connectivity index is 2.77. The fourth-order valence-electron chi connectivity index (χ4n) is 1.14. The second-order valence-corrected chi connectivity index (χ2v) is 3.38. The van der Waals surface area contributed by atoms with Crippen LogP contribution < -0.4 is 4.90 Å². The van der Waals surface area contributed by atoms with Crippen molar-refractivity contribution < 1.29 is 13.2 Å². The van der Waals surface area contributed by atoms with Crippen LogP contribution in [0.2, 0.25) is 0 Å². The summed E-state index contributed by atoms with van der Waals surface area (Å²) in [5, 5.41) is 0. The van der Waals surface area contributed by atoms with E-state index in [0.29, 0.717) is 11.4 Å². The van der Waals surface area contributed by atoms with Crippen LogP contribution in [0.15, 0.2) is 18.3 Å². The molecule has 0 N–H and O–H groups in total. The lowest BCUT2D eigenvalue weighted by molar-refractivity contribution is -0.119. The molecule has 0 saturated carbocycles. The molecule has 1 heterocycles. The molecule has 0 fully saturated rings. The van der Waals surface area contributed by atoms with Crippen molar-refractivity contribution >= 4 is 17.3 Å². The van der Waals surface area contributed by atoms with Gasteiger partial charge in [0.1, 0.15) is 6.54 Å². The lowest BCUT2D eigenvalue weighted by Gasteiger charge is -2.20. The summed E-state index contributed by atoms with van der Waals surface area (Å²) in [6.45, 7) is -0.987. The summed E-state index contributed by atoms with van der Waals surface area (Å²) in [6.07, 6.45) is -2.76. The molecule has 0 aromatic carbocycles. The maximum atomic E-state index is 12.1. The predicted molar refractivity (Wildman–Crippen MR) is 53.1 cm³/mol. The van der Waals surface area contributed by atoms with E-state index in [4.69, 9.17) is 11.6 Å². The molecular formula is C9H10ClF3N2. The summed E-state index contributed by atoms with van der Waals surface area (Å²) in [7, 11) is 1.38. The van der Waals surface area contributed by atoms with Crippen LogP contribution in [-0.4, -0.2) is 24.8 Å². The molecule has 1 aromatic rings. The van der Waals surface area contributed by atoms with Crippen molar-refractivity contribution in [2.45, 2.75) is 12.1 Å². The van der Waals surface area contributed by atoms with E-state index >= 15 is 0 Å². The van der Waals surface area contributed by atoms with Crippen molar-refractivity contribution in [1.29, 1.82) is 0 Å². The number of rotatable bonds is 3. The van der Waals surface area contributed by atoms with Crippen molar-refractivity contribution in [2.24, 2.45) is 0 Å². The minimum atomic E-state index is -4.21. The van der Waals surface area contributed by atoms with E-state index in [1.54, 1.807) is 6.07 Å². The highest BCUT2D eigenvalue weighted by molar-refractivity contribution is 6.16. The smallest absolute Gasteiger partial charge is 0.366 e. The van der Waals surface area contributed by atoms with Gasteiger partial charge in [-0.15, -0.1) is 11.6 Å². The average molecular weight is 239 g/mol. The largest absolute Gasteiger partial charge is 0.405 e. The second kappa shape index (κ2) is 4.70. The highest BCUT2D eigenvalue weighted by atomic mass is 35.5. The van der Waals surface area contributed by atoms with Crippen LogP contribution in [0.3, 0.4) is 0 Å². The SMILES string of the molecule is CN(CC(F)(F)F)c1ccnc(CCl)c1. The zero-order chi connectivity index (χ0) is 11.5. The molecule has 0 spiro atoms.